The molecule has 0 spiro atoms. The van der Waals surface area contributed by atoms with Gasteiger partial charge in [-0.2, -0.15) is 0 Å². The summed E-state index contributed by atoms with van der Waals surface area (Å²) < 4.78 is 2.32. The van der Waals surface area contributed by atoms with Crippen LogP contribution >= 0.6 is 0 Å². The molecule has 1 aromatic rings. The molecule has 0 amide bonds. The van der Waals surface area contributed by atoms with Crippen LogP contribution in [0.5, 0.6) is 0 Å². The Morgan fingerprint density at radius 1 is 1.38 bits per heavy atom. The summed E-state index contributed by atoms with van der Waals surface area (Å²) in [5.41, 5.74) is 6.14. The van der Waals surface area contributed by atoms with Crippen LogP contribution in [0, 0.1) is 5.92 Å². The van der Waals surface area contributed by atoms with E-state index in [1.807, 2.05) is 6.20 Å². The van der Waals surface area contributed by atoms with Gasteiger partial charge < -0.3 is 15.2 Å². The lowest BCUT2D eigenvalue weighted by molar-refractivity contribution is 0.374. The van der Waals surface area contributed by atoms with Crippen LogP contribution in [0.15, 0.2) is 12.4 Å². The van der Waals surface area contributed by atoms with Crippen LogP contribution in [0.1, 0.15) is 32.2 Å². The Balaban J connectivity index is 1.78. The molecule has 1 saturated carbocycles. The molecule has 1 aromatic heterocycles. The van der Waals surface area contributed by atoms with Gasteiger partial charge in [-0.05, 0) is 25.2 Å². The van der Waals surface area contributed by atoms with Crippen molar-refractivity contribution in [3.63, 3.8) is 0 Å². The average Bonchev–Trinajstić information content (AvgIpc) is 3.01. The van der Waals surface area contributed by atoms with Crippen molar-refractivity contribution in [1.82, 2.24) is 9.55 Å². The second-order valence-electron chi connectivity index (χ2n) is 5.24. The van der Waals surface area contributed by atoms with Crippen molar-refractivity contribution < 1.29 is 0 Å². The highest BCUT2D eigenvalue weighted by Gasteiger charge is 2.30. The lowest BCUT2D eigenvalue weighted by Gasteiger charge is -2.35. The number of nitrogens with zero attached hydrogens (tertiary/aromatic N) is 3. The maximum absolute atomic E-state index is 6.14. The van der Waals surface area contributed by atoms with Crippen LogP contribution in [0.25, 0.3) is 0 Å². The normalized spacial score (nSPS) is 30.8. The van der Waals surface area contributed by atoms with Crippen LogP contribution in [-0.2, 0) is 0 Å². The van der Waals surface area contributed by atoms with Crippen LogP contribution in [0.3, 0.4) is 0 Å². The first kappa shape index (κ1) is 10.1. The van der Waals surface area contributed by atoms with Crippen LogP contribution in [-0.4, -0.2) is 28.7 Å². The van der Waals surface area contributed by atoms with Gasteiger partial charge in [0.2, 0.25) is 5.95 Å². The molecule has 2 fully saturated rings. The first-order chi connectivity index (χ1) is 7.75. The summed E-state index contributed by atoms with van der Waals surface area (Å²) in [5, 5.41) is 0. The smallest absolute Gasteiger partial charge is 0.205 e. The minimum Gasteiger partial charge on any atom is -0.341 e. The predicted octanol–water partition coefficient (Wildman–Crippen LogP) is 1.39. The van der Waals surface area contributed by atoms with Gasteiger partial charge >= 0.3 is 0 Å². The number of nitrogens with two attached hydrogens (primary N) is 1. The molecule has 2 heterocycles. The van der Waals surface area contributed by atoms with Gasteiger partial charge in [0, 0.05) is 37.6 Å². The topological polar surface area (TPSA) is 47.1 Å². The maximum atomic E-state index is 6.14. The van der Waals surface area contributed by atoms with Gasteiger partial charge in [-0.25, -0.2) is 4.98 Å². The summed E-state index contributed by atoms with van der Waals surface area (Å²) in [6.45, 7) is 4.29. The van der Waals surface area contributed by atoms with Crippen molar-refractivity contribution in [2.24, 2.45) is 11.7 Å². The SMILES string of the molecule is CC1CCN(c2nccn2C2CC2)CC1N. The van der Waals surface area contributed by atoms with E-state index in [2.05, 4.69) is 27.6 Å². The van der Waals surface area contributed by atoms with E-state index in [1.165, 1.54) is 19.3 Å². The molecular formula is C12H20N4. The van der Waals surface area contributed by atoms with Gasteiger partial charge in [0.1, 0.15) is 0 Å². The zero-order valence-corrected chi connectivity index (χ0v) is 9.84. The van der Waals surface area contributed by atoms with E-state index in [1.54, 1.807) is 0 Å². The molecule has 0 radical (unpaired) electrons. The van der Waals surface area contributed by atoms with Crippen molar-refractivity contribution in [2.75, 3.05) is 18.0 Å². The van der Waals surface area contributed by atoms with E-state index in [-0.39, 0.29) is 6.04 Å². The van der Waals surface area contributed by atoms with Crippen LogP contribution < -0.4 is 10.6 Å². The van der Waals surface area contributed by atoms with Gasteiger partial charge in [-0.15, -0.1) is 0 Å². The third-order valence-electron chi connectivity index (χ3n) is 3.89. The molecule has 2 N–H and O–H groups in total. The van der Waals surface area contributed by atoms with Crippen molar-refractivity contribution in [2.45, 2.75) is 38.3 Å². The van der Waals surface area contributed by atoms with Crippen molar-refractivity contribution in [3.8, 4) is 0 Å². The van der Waals surface area contributed by atoms with Crippen LogP contribution in [0.4, 0.5) is 5.95 Å². The Morgan fingerprint density at radius 3 is 2.88 bits per heavy atom. The largest absolute Gasteiger partial charge is 0.341 e. The Morgan fingerprint density at radius 2 is 2.19 bits per heavy atom. The monoisotopic (exact) mass is 220 g/mol. The molecule has 4 heteroatoms. The molecule has 4 nitrogen and oxygen atoms in total. The lowest BCUT2D eigenvalue weighted by Crippen LogP contribution is -2.48. The molecule has 1 saturated heterocycles. The molecule has 1 aliphatic carbocycles. The first-order valence-electron chi connectivity index (χ1n) is 6.29. The average molecular weight is 220 g/mol. The van der Waals surface area contributed by atoms with Gasteiger partial charge in [0.25, 0.3) is 0 Å². The Bertz CT molecular complexity index is 369. The van der Waals surface area contributed by atoms with Gasteiger partial charge in [-0.3, -0.25) is 0 Å². The van der Waals surface area contributed by atoms with Crippen molar-refractivity contribution >= 4 is 5.95 Å². The lowest BCUT2D eigenvalue weighted by atomic mass is 9.94. The summed E-state index contributed by atoms with van der Waals surface area (Å²) in [4.78, 5) is 6.84. The second-order valence-corrected chi connectivity index (χ2v) is 5.24. The van der Waals surface area contributed by atoms with E-state index in [9.17, 15) is 0 Å². The molecule has 0 bridgehead atoms. The maximum Gasteiger partial charge on any atom is 0.205 e. The first-order valence-corrected chi connectivity index (χ1v) is 6.29. The quantitative estimate of drug-likeness (QED) is 0.819. The Labute approximate surface area is 96.4 Å². The molecule has 2 atom stereocenters. The third-order valence-corrected chi connectivity index (χ3v) is 3.89. The summed E-state index contributed by atoms with van der Waals surface area (Å²) in [5.74, 6) is 1.77. The number of piperidine rings is 1. The van der Waals surface area contributed by atoms with E-state index in [4.69, 9.17) is 5.73 Å². The minimum absolute atomic E-state index is 0.290. The fraction of sp³-hybridized carbons (Fsp3) is 0.750. The number of rotatable bonds is 2. The summed E-state index contributed by atoms with van der Waals surface area (Å²) in [7, 11) is 0. The fourth-order valence-electron chi connectivity index (χ4n) is 2.47. The molecule has 88 valence electrons. The Hall–Kier alpha value is -1.03. The Kier molecular flexibility index (Phi) is 2.39. The zero-order chi connectivity index (χ0) is 11.1. The van der Waals surface area contributed by atoms with Crippen molar-refractivity contribution in [3.05, 3.63) is 12.4 Å². The number of hydrogen-bond donors (Lipinski definition) is 1. The highest BCUT2D eigenvalue weighted by atomic mass is 15.3. The molecule has 1 aliphatic heterocycles. The molecule has 3 rings (SSSR count). The summed E-state index contributed by atoms with van der Waals surface area (Å²) >= 11 is 0. The second kappa shape index (κ2) is 3.77. The minimum atomic E-state index is 0.290. The highest BCUT2D eigenvalue weighted by molar-refractivity contribution is 5.34. The van der Waals surface area contributed by atoms with Gasteiger partial charge in [0.05, 0.1) is 0 Å². The van der Waals surface area contributed by atoms with E-state index in [0.717, 1.165) is 19.0 Å². The summed E-state index contributed by atoms with van der Waals surface area (Å²) in [6, 6.07) is 0.992. The van der Waals surface area contributed by atoms with E-state index >= 15 is 0 Å². The molecule has 2 unspecified atom stereocenters. The van der Waals surface area contributed by atoms with E-state index < -0.39 is 0 Å². The summed E-state index contributed by atoms with van der Waals surface area (Å²) in [6.07, 6.45) is 7.81. The fourth-order valence-corrected chi connectivity index (χ4v) is 2.47. The number of imidazole rings is 1. The predicted molar refractivity (Wildman–Crippen MR) is 64.5 cm³/mol. The van der Waals surface area contributed by atoms with E-state index in [0.29, 0.717) is 12.0 Å². The van der Waals surface area contributed by atoms with Crippen molar-refractivity contribution in [1.29, 1.82) is 0 Å². The standard InChI is InChI=1S/C12H20N4/c1-9-4-6-15(8-11(9)13)12-14-5-7-16(12)10-2-3-10/h5,7,9-11H,2-4,6,8,13H2,1H3. The van der Waals surface area contributed by atoms with Crippen LogP contribution in [0.2, 0.25) is 0 Å². The van der Waals surface area contributed by atoms with Gasteiger partial charge in [0.15, 0.2) is 0 Å². The highest BCUT2D eigenvalue weighted by Crippen LogP contribution is 2.38. The number of aromatic nitrogens is 2. The zero-order valence-electron chi connectivity index (χ0n) is 9.84. The molecule has 0 aromatic carbocycles. The van der Waals surface area contributed by atoms with Gasteiger partial charge in [-0.1, -0.05) is 6.92 Å². The number of anilines is 1. The number of hydrogen-bond acceptors (Lipinski definition) is 3. The molecule has 16 heavy (non-hydrogen) atoms. The third kappa shape index (κ3) is 1.71. The molecular weight excluding hydrogens is 200 g/mol. The molecule has 2 aliphatic rings.